The topological polar surface area (TPSA) is 35.8 Å². The molecule has 0 atom stereocenters. The van der Waals surface area contributed by atoms with Crippen LogP contribution in [-0.2, 0) is 0 Å². The van der Waals surface area contributed by atoms with Crippen LogP contribution in [0.2, 0.25) is 0 Å². The number of hydrogen-bond donors (Lipinski definition) is 1. The van der Waals surface area contributed by atoms with Crippen LogP contribution in [0.4, 0.5) is 5.69 Å². The van der Waals surface area contributed by atoms with E-state index in [1.54, 1.807) is 0 Å². The van der Waals surface area contributed by atoms with Crippen molar-refractivity contribution in [3.8, 4) is 6.07 Å². The fourth-order valence-electron chi connectivity index (χ4n) is 1.16. The van der Waals surface area contributed by atoms with Gasteiger partial charge in [0.15, 0.2) is 0 Å². The molecule has 0 aliphatic carbocycles. The second-order valence-corrected chi connectivity index (χ2v) is 3.06. The van der Waals surface area contributed by atoms with Gasteiger partial charge in [-0.15, -0.1) is 0 Å². The van der Waals surface area contributed by atoms with Gasteiger partial charge in [0.05, 0.1) is 6.07 Å². The highest BCUT2D eigenvalue weighted by Crippen LogP contribution is 2.09. The first-order valence-electron chi connectivity index (χ1n) is 4.50. The van der Waals surface area contributed by atoms with Crippen molar-refractivity contribution in [1.82, 2.24) is 0 Å². The molecule has 0 aromatic heterocycles. The summed E-state index contributed by atoms with van der Waals surface area (Å²) in [4.78, 5) is 0. The molecule has 0 amide bonds. The first kappa shape index (κ1) is 9.60. The van der Waals surface area contributed by atoms with Crippen LogP contribution in [0.3, 0.4) is 0 Å². The van der Waals surface area contributed by atoms with Gasteiger partial charge in [0.2, 0.25) is 0 Å². The largest absolute Gasteiger partial charge is 0.385 e. The van der Waals surface area contributed by atoms with Gasteiger partial charge in [0, 0.05) is 18.7 Å². The number of aryl methyl sites for hydroxylation is 1. The fourth-order valence-corrected chi connectivity index (χ4v) is 1.16. The van der Waals surface area contributed by atoms with Crippen LogP contribution in [0.15, 0.2) is 24.3 Å². The molecule has 1 rings (SSSR count). The van der Waals surface area contributed by atoms with Gasteiger partial charge in [0.1, 0.15) is 0 Å². The molecule has 13 heavy (non-hydrogen) atoms. The Kier molecular flexibility index (Phi) is 3.84. The fraction of sp³-hybridized carbons (Fsp3) is 0.364. The zero-order valence-corrected chi connectivity index (χ0v) is 7.88. The van der Waals surface area contributed by atoms with Crippen molar-refractivity contribution in [2.75, 3.05) is 11.9 Å². The predicted octanol–water partition coefficient (Wildman–Crippen LogP) is 2.71. The van der Waals surface area contributed by atoms with Gasteiger partial charge in [0.25, 0.3) is 0 Å². The summed E-state index contributed by atoms with van der Waals surface area (Å²) in [6, 6.07) is 10.4. The van der Waals surface area contributed by atoms with Crippen LogP contribution in [0.25, 0.3) is 0 Å². The highest BCUT2D eigenvalue weighted by Gasteiger charge is 1.90. The SMILES string of the molecule is Cc1cccc(NCCCC#N)c1. The molecule has 0 aliphatic rings. The Hall–Kier alpha value is -1.49. The zero-order valence-electron chi connectivity index (χ0n) is 7.88. The molecule has 0 radical (unpaired) electrons. The maximum atomic E-state index is 8.33. The Balaban J connectivity index is 2.33. The second-order valence-electron chi connectivity index (χ2n) is 3.06. The van der Waals surface area contributed by atoms with Crippen LogP contribution < -0.4 is 5.32 Å². The quantitative estimate of drug-likeness (QED) is 0.712. The van der Waals surface area contributed by atoms with Crippen molar-refractivity contribution >= 4 is 5.69 Å². The summed E-state index contributed by atoms with van der Waals surface area (Å²) < 4.78 is 0. The first-order chi connectivity index (χ1) is 6.33. The van der Waals surface area contributed by atoms with Crippen molar-refractivity contribution in [1.29, 1.82) is 5.26 Å². The van der Waals surface area contributed by atoms with Gasteiger partial charge in [-0.05, 0) is 31.0 Å². The molecule has 1 aromatic rings. The molecule has 1 aromatic carbocycles. The number of nitrogens with one attached hydrogen (secondary N) is 1. The Morgan fingerprint density at radius 1 is 1.46 bits per heavy atom. The number of benzene rings is 1. The predicted molar refractivity (Wildman–Crippen MR) is 54.5 cm³/mol. The molecule has 0 bridgehead atoms. The number of rotatable bonds is 4. The van der Waals surface area contributed by atoms with E-state index < -0.39 is 0 Å². The third kappa shape index (κ3) is 3.62. The molecule has 2 nitrogen and oxygen atoms in total. The first-order valence-corrected chi connectivity index (χ1v) is 4.50. The van der Waals surface area contributed by atoms with E-state index in [-0.39, 0.29) is 0 Å². The van der Waals surface area contributed by atoms with Gasteiger partial charge >= 0.3 is 0 Å². The molecule has 0 fully saturated rings. The van der Waals surface area contributed by atoms with Crippen LogP contribution in [-0.4, -0.2) is 6.54 Å². The van der Waals surface area contributed by atoms with E-state index >= 15 is 0 Å². The second kappa shape index (κ2) is 5.21. The lowest BCUT2D eigenvalue weighted by Crippen LogP contribution is -2.00. The monoisotopic (exact) mass is 174 g/mol. The van der Waals surface area contributed by atoms with E-state index in [1.807, 2.05) is 12.1 Å². The lowest BCUT2D eigenvalue weighted by molar-refractivity contribution is 0.897. The number of anilines is 1. The van der Waals surface area contributed by atoms with Crippen LogP contribution in [0, 0.1) is 18.3 Å². The highest BCUT2D eigenvalue weighted by atomic mass is 14.9. The average molecular weight is 174 g/mol. The minimum absolute atomic E-state index is 0.624. The van der Waals surface area contributed by atoms with Crippen molar-refractivity contribution in [3.05, 3.63) is 29.8 Å². The Morgan fingerprint density at radius 3 is 3.00 bits per heavy atom. The van der Waals surface area contributed by atoms with Gasteiger partial charge in [-0.1, -0.05) is 12.1 Å². The standard InChI is InChI=1S/C11H14N2/c1-10-5-4-6-11(9-10)13-8-3-2-7-12/h4-6,9,13H,2-3,8H2,1H3. The maximum absolute atomic E-state index is 8.33. The smallest absolute Gasteiger partial charge is 0.0622 e. The Bertz CT molecular complexity index is 299. The summed E-state index contributed by atoms with van der Waals surface area (Å²) in [6.45, 7) is 2.94. The lowest BCUT2D eigenvalue weighted by atomic mass is 10.2. The van der Waals surface area contributed by atoms with Gasteiger partial charge < -0.3 is 5.32 Å². The minimum atomic E-state index is 0.624. The van der Waals surface area contributed by atoms with Crippen molar-refractivity contribution < 1.29 is 0 Å². The van der Waals surface area contributed by atoms with E-state index in [0.717, 1.165) is 18.7 Å². The molecule has 0 saturated heterocycles. The summed E-state index contributed by atoms with van der Waals surface area (Å²) in [6.07, 6.45) is 1.53. The normalized spacial score (nSPS) is 9.23. The Morgan fingerprint density at radius 2 is 2.31 bits per heavy atom. The molecule has 0 spiro atoms. The summed E-state index contributed by atoms with van der Waals surface area (Å²) in [5.74, 6) is 0. The van der Waals surface area contributed by atoms with E-state index in [1.165, 1.54) is 5.56 Å². The molecule has 0 aliphatic heterocycles. The molecular weight excluding hydrogens is 160 g/mol. The van der Waals surface area contributed by atoms with Crippen molar-refractivity contribution in [3.63, 3.8) is 0 Å². The van der Waals surface area contributed by atoms with Crippen LogP contribution in [0.5, 0.6) is 0 Å². The number of nitrogens with zero attached hydrogens (tertiary/aromatic N) is 1. The number of hydrogen-bond acceptors (Lipinski definition) is 2. The van der Waals surface area contributed by atoms with E-state index in [9.17, 15) is 0 Å². The molecular formula is C11H14N2. The maximum Gasteiger partial charge on any atom is 0.0622 e. The third-order valence-corrected chi connectivity index (χ3v) is 1.81. The molecule has 0 saturated carbocycles. The number of unbranched alkanes of at least 4 members (excludes halogenated alkanes) is 1. The van der Waals surface area contributed by atoms with Crippen molar-refractivity contribution in [2.24, 2.45) is 0 Å². The zero-order chi connectivity index (χ0) is 9.52. The van der Waals surface area contributed by atoms with Gasteiger partial charge in [-0.25, -0.2) is 0 Å². The van der Waals surface area contributed by atoms with Gasteiger partial charge in [-0.3, -0.25) is 0 Å². The minimum Gasteiger partial charge on any atom is -0.385 e. The molecule has 0 unspecified atom stereocenters. The number of nitriles is 1. The third-order valence-electron chi connectivity index (χ3n) is 1.81. The summed E-state index contributed by atoms with van der Waals surface area (Å²) >= 11 is 0. The molecule has 2 heteroatoms. The lowest BCUT2D eigenvalue weighted by Gasteiger charge is -2.04. The molecule has 68 valence electrons. The van der Waals surface area contributed by atoms with E-state index in [4.69, 9.17) is 5.26 Å². The summed E-state index contributed by atoms with van der Waals surface area (Å²) in [5, 5.41) is 11.6. The highest BCUT2D eigenvalue weighted by molar-refractivity contribution is 5.45. The van der Waals surface area contributed by atoms with Gasteiger partial charge in [-0.2, -0.15) is 5.26 Å². The summed E-state index contributed by atoms with van der Waals surface area (Å²) in [5.41, 5.74) is 2.39. The van der Waals surface area contributed by atoms with Crippen LogP contribution in [0.1, 0.15) is 18.4 Å². The van der Waals surface area contributed by atoms with E-state index in [0.29, 0.717) is 6.42 Å². The molecule has 1 N–H and O–H groups in total. The van der Waals surface area contributed by atoms with Crippen molar-refractivity contribution in [2.45, 2.75) is 19.8 Å². The molecule has 0 heterocycles. The Labute approximate surface area is 79.2 Å². The summed E-state index contributed by atoms with van der Waals surface area (Å²) in [7, 11) is 0. The van der Waals surface area contributed by atoms with Crippen LogP contribution >= 0.6 is 0 Å². The average Bonchev–Trinajstić information content (AvgIpc) is 2.13. The van der Waals surface area contributed by atoms with E-state index in [2.05, 4.69) is 30.4 Å².